The number of ether oxygens (including phenoxy) is 2. The molecule has 1 aromatic heterocycles. The number of rotatable bonds is 6. The van der Waals surface area contributed by atoms with Gasteiger partial charge in [-0.15, -0.1) is 0 Å². The number of anilines is 1. The Hall–Kier alpha value is -1.82. The van der Waals surface area contributed by atoms with Gasteiger partial charge in [0.25, 0.3) is 0 Å². The molecule has 1 saturated heterocycles. The molecular formula is C20H26N2O3S. The maximum atomic E-state index is 12.1. The van der Waals surface area contributed by atoms with E-state index in [9.17, 15) is 4.79 Å². The maximum Gasteiger partial charge on any atom is 0.306 e. The van der Waals surface area contributed by atoms with Crippen molar-refractivity contribution in [3.05, 3.63) is 18.2 Å². The Balaban J connectivity index is 1.25. The second kappa shape index (κ2) is 7.82. The van der Waals surface area contributed by atoms with Crippen LogP contribution in [0.25, 0.3) is 10.2 Å². The van der Waals surface area contributed by atoms with Crippen LogP contribution in [0.3, 0.4) is 0 Å². The largest absolute Gasteiger partial charge is 0.494 e. The lowest BCUT2D eigenvalue weighted by Gasteiger charge is -2.38. The average molecular weight is 375 g/mol. The van der Waals surface area contributed by atoms with Crippen LogP contribution in [0.4, 0.5) is 5.13 Å². The number of fused-ring (bicyclic) bond motifs is 1. The number of hydrogen-bond donors (Lipinski definition) is 0. The molecule has 0 atom stereocenters. The van der Waals surface area contributed by atoms with Crippen molar-refractivity contribution in [3.63, 3.8) is 0 Å². The van der Waals surface area contributed by atoms with Gasteiger partial charge >= 0.3 is 5.97 Å². The Morgan fingerprint density at radius 1 is 1.27 bits per heavy atom. The minimum Gasteiger partial charge on any atom is -0.494 e. The number of carbonyl (C=O) groups is 1. The molecule has 5 nitrogen and oxygen atoms in total. The summed E-state index contributed by atoms with van der Waals surface area (Å²) >= 11 is 1.66. The quantitative estimate of drug-likeness (QED) is 0.702. The molecule has 1 aliphatic heterocycles. The zero-order valence-electron chi connectivity index (χ0n) is 15.3. The molecule has 2 fully saturated rings. The van der Waals surface area contributed by atoms with Crippen LogP contribution in [0.15, 0.2) is 18.2 Å². The first-order chi connectivity index (χ1) is 12.7. The van der Waals surface area contributed by atoms with E-state index in [0.29, 0.717) is 6.42 Å². The van der Waals surface area contributed by atoms with Crippen molar-refractivity contribution in [1.82, 2.24) is 4.98 Å². The Bertz CT molecular complexity index is 764. The lowest BCUT2D eigenvalue weighted by Crippen LogP contribution is -2.53. The molecule has 1 saturated carbocycles. The molecule has 4 rings (SSSR count). The third kappa shape index (κ3) is 3.80. The molecule has 0 bridgehead atoms. The third-order valence-electron chi connectivity index (χ3n) is 5.49. The van der Waals surface area contributed by atoms with Crippen LogP contribution in [0.5, 0.6) is 5.75 Å². The standard InChI is InChI=1S/C20H26N2O3S/c1-24-16-8-5-9-17-19(16)21-20(26-17)22-12-15(13-22)25-18(23)11-10-14-6-3-2-4-7-14/h5,8-9,14-15H,2-4,6-7,10-13H2,1H3. The van der Waals surface area contributed by atoms with Crippen LogP contribution >= 0.6 is 11.3 Å². The van der Waals surface area contributed by atoms with E-state index in [1.54, 1.807) is 18.4 Å². The van der Waals surface area contributed by atoms with Crippen LogP contribution in [0.2, 0.25) is 0 Å². The average Bonchev–Trinajstić information content (AvgIpc) is 3.07. The highest BCUT2D eigenvalue weighted by Crippen LogP contribution is 2.36. The predicted octanol–water partition coefficient (Wildman–Crippen LogP) is 4.40. The number of benzene rings is 1. The molecule has 0 spiro atoms. The third-order valence-corrected chi connectivity index (χ3v) is 6.57. The number of thiazole rings is 1. The zero-order valence-corrected chi connectivity index (χ0v) is 16.1. The molecule has 0 unspecified atom stereocenters. The van der Waals surface area contributed by atoms with Crippen LogP contribution in [-0.2, 0) is 9.53 Å². The van der Waals surface area contributed by atoms with E-state index in [2.05, 4.69) is 11.0 Å². The minimum absolute atomic E-state index is 0.00256. The fourth-order valence-corrected chi connectivity index (χ4v) is 4.92. The fraction of sp³-hybridized carbons (Fsp3) is 0.600. The number of para-hydroxylation sites is 1. The lowest BCUT2D eigenvalue weighted by atomic mass is 9.86. The number of methoxy groups -OCH3 is 1. The summed E-state index contributed by atoms with van der Waals surface area (Å²) in [6.45, 7) is 1.47. The molecule has 6 heteroatoms. The summed E-state index contributed by atoms with van der Waals surface area (Å²) < 4.78 is 12.1. The van der Waals surface area contributed by atoms with Gasteiger partial charge in [0, 0.05) is 6.42 Å². The van der Waals surface area contributed by atoms with Gasteiger partial charge in [0.2, 0.25) is 0 Å². The van der Waals surface area contributed by atoms with Crippen molar-refractivity contribution in [2.45, 2.75) is 51.0 Å². The minimum atomic E-state index is -0.0359. The SMILES string of the molecule is COc1cccc2sc(N3CC(OC(=O)CCC4CCCCC4)C3)nc12. The Labute approximate surface area is 158 Å². The van der Waals surface area contributed by atoms with Gasteiger partial charge in [-0.3, -0.25) is 4.79 Å². The Morgan fingerprint density at radius 3 is 2.85 bits per heavy atom. The monoisotopic (exact) mass is 374 g/mol. The van der Waals surface area contributed by atoms with Crippen LogP contribution in [0.1, 0.15) is 44.9 Å². The topological polar surface area (TPSA) is 51.7 Å². The molecule has 26 heavy (non-hydrogen) atoms. The number of nitrogens with zero attached hydrogens (tertiary/aromatic N) is 2. The van der Waals surface area contributed by atoms with E-state index in [0.717, 1.165) is 46.5 Å². The first kappa shape index (κ1) is 17.6. The van der Waals surface area contributed by atoms with Crippen molar-refractivity contribution in [2.24, 2.45) is 5.92 Å². The molecule has 2 aliphatic rings. The van der Waals surface area contributed by atoms with E-state index in [1.807, 2.05) is 12.1 Å². The molecule has 1 aliphatic carbocycles. The second-order valence-electron chi connectivity index (χ2n) is 7.36. The van der Waals surface area contributed by atoms with Gasteiger partial charge in [0.15, 0.2) is 5.13 Å². The molecule has 0 amide bonds. The van der Waals surface area contributed by atoms with E-state index >= 15 is 0 Å². The van der Waals surface area contributed by atoms with Crippen LogP contribution in [-0.4, -0.2) is 37.3 Å². The molecule has 1 aromatic carbocycles. The molecule has 2 heterocycles. The highest BCUT2D eigenvalue weighted by atomic mass is 32.1. The Kier molecular flexibility index (Phi) is 5.29. The van der Waals surface area contributed by atoms with Gasteiger partial charge in [-0.2, -0.15) is 0 Å². The summed E-state index contributed by atoms with van der Waals surface area (Å²) in [5.41, 5.74) is 0.905. The summed E-state index contributed by atoms with van der Waals surface area (Å²) in [6.07, 6.45) is 8.14. The highest BCUT2D eigenvalue weighted by molar-refractivity contribution is 7.22. The van der Waals surface area contributed by atoms with Gasteiger partial charge in [0.05, 0.1) is 24.9 Å². The van der Waals surface area contributed by atoms with Gasteiger partial charge in [-0.1, -0.05) is 49.5 Å². The summed E-state index contributed by atoms with van der Waals surface area (Å²) in [5.74, 6) is 1.49. The number of esters is 1. The zero-order chi connectivity index (χ0) is 17.9. The summed E-state index contributed by atoms with van der Waals surface area (Å²) in [7, 11) is 1.67. The van der Waals surface area contributed by atoms with Crippen LogP contribution in [0, 0.1) is 5.92 Å². The molecule has 0 N–H and O–H groups in total. The smallest absolute Gasteiger partial charge is 0.306 e. The van der Waals surface area contributed by atoms with Crippen molar-refractivity contribution < 1.29 is 14.3 Å². The number of aromatic nitrogens is 1. The molecule has 2 aromatic rings. The molecule has 0 radical (unpaired) electrons. The van der Waals surface area contributed by atoms with Crippen molar-refractivity contribution >= 4 is 32.7 Å². The Morgan fingerprint density at radius 2 is 2.08 bits per heavy atom. The maximum absolute atomic E-state index is 12.1. The van der Waals surface area contributed by atoms with Crippen molar-refractivity contribution in [2.75, 3.05) is 25.1 Å². The van der Waals surface area contributed by atoms with Gasteiger partial charge in [-0.25, -0.2) is 4.98 Å². The van der Waals surface area contributed by atoms with E-state index < -0.39 is 0 Å². The molecule has 140 valence electrons. The normalized spacial score (nSPS) is 18.7. The first-order valence-corrected chi connectivity index (χ1v) is 10.4. The van der Waals surface area contributed by atoms with Crippen molar-refractivity contribution in [3.8, 4) is 5.75 Å². The van der Waals surface area contributed by atoms with Crippen molar-refractivity contribution in [1.29, 1.82) is 0 Å². The first-order valence-electron chi connectivity index (χ1n) is 9.61. The van der Waals surface area contributed by atoms with Gasteiger partial charge in [0.1, 0.15) is 17.4 Å². The predicted molar refractivity (Wildman–Crippen MR) is 104 cm³/mol. The van der Waals surface area contributed by atoms with Gasteiger partial charge in [-0.05, 0) is 24.5 Å². The van der Waals surface area contributed by atoms with Crippen LogP contribution < -0.4 is 9.64 Å². The summed E-state index contributed by atoms with van der Waals surface area (Å²) in [6, 6.07) is 5.97. The lowest BCUT2D eigenvalue weighted by molar-refractivity contribution is -0.150. The second-order valence-corrected chi connectivity index (χ2v) is 8.37. The molecular weight excluding hydrogens is 348 g/mol. The summed E-state index contributed by atoms with van der Waals surface area (Å²) in [5, 5.41) is 0.971. The highest BCUT2D eigenvalue weighted by Gasteiger charge is 2.32. The van der Waals surface area contributed by atoms with E-state index in [-0.39, 0.29) is 12.1 Å². The number of hydrogen-bond acceptors (Lipinski definition) is 6. The van der Waals surface area contributed by atoms with E-state index in [4.69, 9.17) is 14.5 Å². The summed E-state index contributed by atoms with van der Waals surface area (Å²) in [4.78, 5) is 19.0. The fourth-order valence-electron chi connectivity index (χ4n) is 3.92. The van der Waals surface area contributed by atoms with Gasteiger partial charge < -0.3 is 14.4 Å². The van der Waals surface area contributed by atoms with E-state index in [1.165, 1.54) is 32.1 Å². The number of carbonyl (C=O) groups excluding carboxylic acids is 1.